The Morgan fingerprint density at radius 3 is 2.58 bits per heavy atom. The van der Waals surface area contributed by atoms with Crippen LogP contribution in [-0.4, -0.2) is 40.4 Å². The van der Waals surface area contributed by atoms with Crippen LogP contribution in [-0.2, 0) is 13.6 Å². The van der Waals surface area contributed by atoms with E-state index in [0.717, 1.165) is 37.0 Å². The van der Waals surface area contributed by atoms with Gasteiger partial charge in [-0.3, -0.25) is 4.68 Å². The minimum atomic E-state index is 0. The van der Waals surface area contributed by atoms with Gasteiger partial charge in [0.1, 0.15) is 24.4 Å². The number of hydrogen-bond acceptors (Lipinski definition) is 4. The van der Waals surface area contributed by atoms with E-state index in [1.165, 1.54) is 17.5 Å². The summed E-state index contributed by atoms with van der Waals surface area (Å²) in [5.41, 5.74) is 2.35. The van der Waals surface area contributed by atoms with Crippen molar-refractivity contribution in [1.29, 1.82) is 0 Å². The smallest absolute Gasteiger partial charge is 0.191 e. The fraction of sp³-hybridized carbons (Fsp3) is 0.500. The minimum absolute atomic E-state index is 0. The van der Waals surface area contributed by atoms with Gasteiger partial charge in [0, 0.05) is 20.1 Å². The quantitative estimate of drug-likeness (QED) is 0.267. The number of ether oxygens (including phenoxy) is 1. The largest absolute Gasteiger partial charge is 0.493 e. The molecule has 7 nitrogen and oxygen atoms in total. The Hall–Kier alpha value is -1.84. The van der Waals surface area contributed by atoms with E-state index in [1.807, 2.05) is 14.0 Å². The summed E-state index contributed by atoms with van der Waals surface area (Å²) in [6, 6.07) is 6.20. The Morgan fingerprint density at radius 2 is 1.96 bits per heavy atom. The summed E-state index contributed by atoms with van der Waals surface area (Å²) in [4.78, 5) is 8.71. The number of halogens is 1. The summed E-state index contributed by atoms with van der Waals surface area (Å²) in [5.74, 6) is 2.60. The summed E-state index contributed by atoms with van der Waals surface area (Å²) in [6.07, 6.45) is 2.43. The van der Waals surface area contributed by atoms with Crippen LogP contribution in [0.15, 0.2) is 29.5 Å². The molecule has 0 amide bonds. The summed E-state index contributed by atoms with van der Waals surface area (Å²) in [7, 11) is 1.86. The van der Waals surface area contributed by atoms with Crippen molar-refractivity contribution in [2.24, 2.45) is 12.0 Å². The Balaban J connectivity index is 0.00000338. The molecule has 2 aromatic rings. The van der Waals surface area contributed by atoms with E-state index >= 15 is 0 Å². The zero-order valence-corrected chi connectivity index (χ0v) is 18.3. The summed E-state index contributed by atoms with van der Waals surface area (Å²) in [5, 5.41) is 10.6. The number of benzene rings is 1. The third-order valence-electron chi connectivity index (χ3n) is 3.80. The summed E-state index contributed by atoms with van der Waals surface area (Å²) >= 11 is 0. The molecule has 0 spiro atoms. The molecule has 0 aliphatic rings. The first kappa shape index (κ1) is 22.2. The van der Waals surface area contributed by atoms with Crippen LogP contribution in [0.2, 0.25) is 0 Å². The highest BCUT2D eigenvalue weighted by Gasteiger charge is 2.04. The fourth-order valence-electron chi connectivity index (χ4n) is 2.43. The lowest BCUT2D eigenvalue weighted by Gasteiger charge is -2.13. The van der Waals surface area contributed by atoms with Crippen LogP contribution in [0.25, 0.3) is 0 Å². The molecule has 1 aromatic carbocycles. The summed E-state index contributed by atoms with van der Waals surface area (Å²) < 4.78 is 7.65. The Labute approximate surface area is 172 Å². The third-order valence-corrected chi connectivity index (χ3v) is 3.80. The van der Waals surface area contributed by atoms with Crippen molar-refractivity contribution in [2.75, 3.05) is 19.7 Å². The zero-order chi connectivity index (χ0) is 18.1. The average Bonchev–Trinajstić information content (AvgIpc) is 2.99. The van der Waals surface area contributed by atoms with Crippen molar-refractivity contribution in [3.8, 4) is 5.75 Å². The van der Waals surface area contributed by atoms with Crippen molar-refractivity contribution in [2.45, 2.75) is 33.7 Å². The lowest BCUT2D eigenvalue weighted by molar-refractivity contribution is 0.307. The SMILES string of the molecule is CCNC(=NCc1ncnn1C)NCCCOc1c(C)cccc1C.I. The molecule has 0 unspecified atom stereocenters. The molecule has 1 heterocycles. The van der Waals surface area contributed by atoms with Crippen LogP contribution in [0.4, 0.5) is 0 Å². The van der Waals surface area contributed by atoms with Crippen molar-refractivity contribution >= 4 is 29.9 Å². The monoisotopic (exact) mass is 472 g/mol. The van der Waals surface area contributed by atoms with Gasteiger partial charge in [0.2, 0.25) is 0 Å². The van der Waals surface area contributed by atoms with Gasteiger partial charge in [0.15, 0.2) is 5.96 Å². The molecule has 0 aliphatic carbocycles. The molecule has 0 radical (unpaired) electrons. The first-order valence-corrected chi connectivity index (χ1v) is 8.66. The van der Waals surface area contributed by atoms with Crippen molar-refractivity contribution in [1.82, 2.24) is 25.4 Å². The number of aliphatic imine (C=N–C) groups is 1. The van der Waals surface area contributed by atoms with Gasteiger partial charge in [-0.25, -0.2) is 9.98 Å². The number of aromatic nitrogens is 3. The van der Waals surface area contributed by atoms with Gasteiger partial charge in [-0.2, -0.15) is 5.10 Å². The molecule has 1 aromatic heterocycles. The van der Waals surface area contributed by atoms with E-state index in [4.69, 9.17) is 4.74 Å². The van der Waals surface area contributed by atoms with Gasteiger partial charge < -0.3 is 15.4 Å². The lowest BCUT2D eigenvalue weighted by Crippen LogP contribution is -2.38. The molecular weight excluding hydrogens is 443 g/mol. The third kappa shape index (κ3) is 6.81. The molecule has 26 heavy (non-hydrogen) atoms. The maximum absolute atomic E-state index is 5.92. The second-order valence-corrected chi connectivity index (χ2v) is 5.84. The molecule has 0 fully saturated rings. The van der Waals surface area contributed by atoms with E-state index in [-0.39, 0.29) is 24.0 Å². The van der Waals surface area contributed by atoms with Gasteiger partial charge in [0.25, 0.3) is 0 Å². The standard InChI is InChI=1S/C18H28N6O.HI/c1-5-19-18(21-12-16-22-13-23-24(16)4)20-10-7-11-25-17-14(2)8-6-9-15(17)3;/h6,8-9,13H,5,7,10-12H2,1-4H3,(H2,19,20,21);1H. The molecule has 8 heteroatoms. The van der Waals surface area contributed by atoms with Crippen LogP contribution in [0, 0.1) is 13.8 Å². The number of rotatable bonds is 8. The number of para-hydroxylation sites is 1. The average molecular weight is 472 g/mol. The maximum atomic E-state index is 5.92. The van der Waals surface area contributed by atoms with Gasteiger partial charge in [0.05, 0.1) is 6.61 Å². The molecule has 0 saturated heterocycles. The van der Waals surface area contributed by atoms with Gasteiger partial charge >= 0.3 is 0 Å². The van der Waals surface area contributed by atoms with Crippen molar-refractivity contribution in [3.63, 3.8) is 0 Å². The first-order chi connectivity index (χ1) is 12.1. The molecule has 0 aliphatic heterocycles. The molecule has 2 rings (SSSR count). The number of aryl methyl sites for hydroxylation is 3. The van der Waals surface area contributed by atoms with Crippen molar-refractivity contribution in [3.05, 3.63) is 41.5 Å². The topological polar surface area (TPSA) is 76.4 Å². The van der Waals surface area contributed by atoms with Crippen LogP contribution >= 0.6 is 24.0 Å². The predicted octanol–water partition coefficient (Wildman–Crippen LogP) is 2.57. The molecular formula is C18H29IN6O. The van der Waals surface area contributed by atoms with E-state index in [2.05, 4.69) is 57.8 Å². The van der Waals surface area contributed by atoms with Gasteiger partial charge in [-0.05, 0) is 38.3 Å². The molecule has 2 N–H and O–H groups in total. The van der Waals surface area contributed by atoms with Gasteiger partial charge in [-0.15, -0.1) is 24.0 Å². The minimum Gasteiger partial charge on any atom is -0.493 e. The maximum Gasteiger partial charge on any atom is 0.191 e. The van der Waals surface area contributed by atoms with E-state index < -0.39 is 0 Å². The number of guanidine groups is 1. The Morgan fingerprint density at radius 1 is 1.23 bits per heavy atom. The summed E-state index contributed by atoms with van der Waals surface area (Å²) in [6.45, 7) is 8.95. The molecule has 0 bridgehead atoms. The number of nitrogens with zero attached hydrogens (tertiary/aromatic N) is 4. The normalized spacial score (nSPS) is 11.0. The molecule has 144 valence electrons. The van der Waals surface area contributed by atoms with Gasteiger partial charge in [-0.1, -0.05) is 18.2 Å². The zero-order valence-electron chi connectivity index (χ0n) is 16.0. The first-order valence-electron chi connectivity index (χ1n) is 8.66. The second kappa shape index (κ2) is 11.7. The Kier molecular flexibility index (Phi) is 10.0. The number of hydrogen-bond donors (Lipinski definition) is 2. The van der Waals surface area contributed by atoms with E-state index in [1.54, 1.807) is 4.68 Å². The van der Waals surface area contributed by atoms with Crippen LogP contribution in [0.5, 0.6) is 5.75 Å². The lowest BCUT2D eigenvalue weighted by atomic mass is 10.1. The highest BCUT2D eigenvalue weighted by atomic mass is 127. The fourth-order valence-corrected chi connectivity index (χ4v) is 2.43. The predicted molar refractivity (Wildman–Crippen MR) is 115 cm³/mol. The highest BCUT2D eigenvalue weighted by Crippen LogP contribution is 2.22. The van der Waals surface area contributed by atoms with Crippen molar-refractivity contribution < 1.29 is 4.74 Å². The van der Waals surface area contributed by atoms with E-state index in [9.17, 15) is 0 Å². The highest BCUT2D eigenvalue weighted by molar-refractivity contribution is 14.0. The van der Waals surface area contributed by atoms with Crippen LogP contribution in [0.1, 0.15) is 30.3 Å². The van der Waals surface area contributed by atoms with Crippen LogP contribution < -0.4 is 15.4 Å². The number of nitrogens with one attached hydrogen (secondary N) is 2. The second-order valence-electron chi connectivity index (χ2n) is 5.84. The Bertz CT molecular complexity index is 680. The van der Waals surface area contributed by atoms with E-state index in [0.29, 0.717) is 13.2 Å². The molecule has 0 atom stereocenters. The van der Waals surface area contributed by atoms with Crippen LogP contribution in [0.3, 0.4) is 0 Å². The molecule has 0 saturated carbocycles.